The van der Waals surface area contributed by atoms with Gasteiger partial charge in [-0.15, -0.1) is 0 Å². The van der Waals surface area contributed by atoms with Crippen LogP contribution in [0.25, 0.3) is 11.1 Å². The zero-order chi connectivity index (χ0) is 14.8. The van der Waals surface area contributed by atoms with Crippen LogP contribution in [0.4, 0.5) is 11.5 Å². The molecule has 1 fully saturated rings. The summed E-state index contributed by atoms with van der Waals surface area (Å²) in [6, 6.07) is 10.7. The van der Waals surface area contributed by atoms with Gasteiger partial charge in [0.15, 0.2) is 0 Å². The number of pyridine rings is 1. The Morgan fingerprint density at radius 1 is 1.29 bits per heavy atom. The van der Waals surface area contributed by atoms with E-state index in [1.54, 1.807) is 6.20 Å². The van der Waals surface area contributed by atoms with Crippen LogP contribution in [-0.2, 0) is 4.74 Å². The van der Waals surface area contributed by atoms with Gasteiger partial charge in [0.05, 0.1) is 18.2 Å². The highest BCUT2D eigenvalue weighted by atomic mass is 35.5. The van der Waals surface area contributed by atoms with Crippen LogP contribution in [0, 0.1) is 0 Å². The van der Waals surface area contributed by atoms with Crippen LogP contribution in [0.3, 0.4) is 0 Å². The average molecular weight is 304 g/mol. The number of aromatic nitrogens is 1. The highest BCUT2D eigenvalue weighted by Crippen LogP contribution is 2.27. The van der Waals surface area contributed by atoms with E-state index in [0.29, 0.717) is 16.9 Å². The lowest BCUT2D eigenvalue weighted by Gasteiger charge is -2.35. The minimum absolute atomic E-state index is 0.360. The molecule has 3 rings (SSSR count). The van der Waals surface area contributed by atoms with Crippen LogP contribution in [0.15, 0.2) is 36.5 Å². The molecule has 4 nitrogen and oxygen atoms in total. The summed E-state index contributed by atoms with van der Waals surface area (Å²) in [6.07, 6.45) is 1.74. The number of nitrogens with two attached hydrogens (primary N) is 1. The molecule has 0 radical (unpaired) electrons. The first-order valence-corrected chi connectivity index (χ1v) is 7.39. The fraction of sp³-hybridized carbons (Fsp3) is 0.312. The van der Waals surface area contributed by atoms with Gasteiger partial charge in [0.25, 0.3) is 0 Å². The van der Waals surface area contributed by atoms with Crippen molar-refractivity contribution in [2.45, 2.75) is 13.0 Å². The third kappa shape index (κ3) is 2.96. The summed E-state index contributed by atoms with van der Waals surface area (Å²) in [5, 5.41) is 0.485. The molecule has 21 heavy (non-hydrogen) atoms. The number of morpholine rings is 1. The molecule has 5 heteroatoms. The van der Waals surface area contributed by atoms with Crippen LogP contribution in [0.5, 0.6) is 0 Å². The smallest absolute Gasteiger partial charge is 0.142 e. The number of nitrogen functional groups attached to an aromatic ring is 1. The summed E-state index contributed by atoms with van der Waals surface area (Å²) in [5.41, 5.74) is 8.90. The number of nitrogens with zero attached hydrogens (tertiary/aromatic N) is 2. The highest BCUT2D eigenvalue weighted by Gasteiger charge is 2.18. The molecule has 2 aromatic rings. The second-order valence-corrected chi connectivity index (χ2v) is 5.66. The van der Waals surface area contributed by atoms with Gasteiger partial charge in [-0.3, -0.25) is 0 Å². The Hall–Kier alpha value is -1.78. The van der Waals surface area contributed by atoms with Gasteiger partial charge in [0.1, 0.15) is 5.82 Å². The topological polar surface area (TPSA) is 51.4 Å². The fourth-order valence-corrected chi connectivity index (χ4v) is 2.73. The molecular formula is C16H18ClN3O. The number of hydrogen-bond acceptors (Lipinski definition) is 4. The summed E-state index contributed by atoms with van der Waals surface area (Å²) in [6.45, 7) is 4.66. The second kappa shape index (κ2) is 5.92. The summed E-state index contributed by atoms with van der Waals surface area (Å²) in [5.74, 6) is 0.360. The molecule has 1 aromatic heterocycles. The van der Waals surface area contributed by atoms with E-state index >= 15 is 0 Å². The Bertz CT molecular complexity index is 630. The van der Waals surface area contributed by atoms with Crippen LogP contribution in [0.1, 0.15) is 6.92 Å². The molecule has 0 unspecified atom stereocenters. The summed E-state index contributed by atoms with van der Waals surface area (Å²) < 4.78 is 5.47. The van der Waals surface area contributed by atoms with Crippen molar-refractivity contribution in [3.05, 3.63) is 41.6 Å². The van der Waals surface area contributed by atoms with Crippen molar-refractivity contribution in [2.24, 2.45) is 0 Å². The normalized spacial score (nSPS) is 18.8. The van der Waals surface area contributed by atoms with Crippen LogP contribution in [0.2, 0.25) is 5.02 Å². The second-order valence-electron chi connectivity index (χ2n) is 5.26. The minimum Gasteiger partial charge on any atom is -0.382 e. The van der Waals surface area contributed by atoms with Gasteiger partial charge in [0.2, 0.25) is 0 Å². The SMILES string of the molecule is C[C@H]1COCCN1c1ccc(-c2cnc(N)c(Cl)c2)cc1. The molecule has 1 aliphatic heterocycles. The largest absolute Gasteiger partial charge is 0.382 e. The Kier molecular flexibility index (Phi) is 3.99. The first-order valence-electron chi connectivity index (χ1n) is 7.01. The third-order valence-electron chi connectivity index (χ3n) is 3.77. The minimum atomic E-state index is 0.360. The van der Waals surface area contributed by atoms with Crippen molar-refractivity contribution >= 4 is 23.1 Å². The van der Waals surface area contributed by atoms with Gasteiger partial charge in [-0.2, -0.15) is 0 Å². The van der Waals surface area contributed by atoms with Crippen molar-refractivity contribution in [3.8, 4) is 11.1 Å². The lowest BCUT2D eigenvalue weighted by molar-refractivity contribution is 0.0989. The molecule has 2 heterocycles. The van der Waals surface area contributed by atoms with Gasteiger partial charge >= 0.3 is 0 Å². The lowest BCUT2D eigenvalue weighted by atomic mass is 10.1. The molecule has 1 atom stereocenters. The van der Waals surface area contributed by atoms with E-state index < -0.39 is 0 Å². The summed E-state index contributed by atoms with van der Waals surface area (Å²) in [4.78, 5) is 6.46. The van der Waals surface area contributed by atoms with Gasteiger partial charge < -0.3 is 15.4 Å². The highest BCUT2D eigenvalue weighted by molar-refractivity contribution is 6.33. The Balaban J connectivity index is 1.84. The number of benzene rings is 1. The number of halogens is 1. The van der Waals surface area contributed by atoms with Gasteiger partial charge in [-0.1, -0.05) is 23.7 Å². The van der Waals surface area contributed by atoms with Crippen molar-refractivity contribution in [3.63, 3.8) is 0 Å². The molecule has 0 saturated carbocycles. The van der Waals surface area contributed by atoms with Crippen molar-refractivity contribution in [1.82, 2.24) is 4.98 Å². The van der Waals surface area contributed by atoms with Crippen LogP contribution < -0.4 is 10.6 Å². The third-order valence-corrected chi connectivity index (χ3v) is 4.07. The Morgan fingerprint density at radius 2 is 2.05 bits per heavy atom. The molecule has 110 valence electrons. The maximum absolute atomic E-state index is 6.03. The Labute approximate surface area is 129 Å². The van der Waals surface area contributed by atoms with E-state index in [0.717, 1.165) is 30.9 Å². The molecule has 0 amide bonds. The van der Waals surface area contributed by atoms with Crippen molar-refractivity contribution in [2.75, 3.05) is 30.4 Å². The molecule has 0 aliphatic carbocycles. The van der Waals surface area contributed by atoms with Crippen LogP contribution in [-0.4, -0.2) is 30.8 Å². The van der Waals surface area contributed by atoms with E-state index in [1.165, 1.54) is 5.69 Å². The molecule has 0 spiro atoms. The lowest BCUT2D eigenvalue weighted by Crippen LogP contribution is -2.43. The zero-order valence-corrected chi connectivity index (χ0v) is 12.7. The monoisotopic (exact) mass is 303 g/mol. The van der Waals surface area contributed by atoms with Gasteiger partial charge in [-0.25, -0.2) is 4.98 Å². The maximum atomic E-state index is 6.03. The van der Waals surface area contributed by atoms with Crippen LogP contribution >= 0.6 is 11.6 Å². The Morgan fingerprint density at radius 3 is 2.71 bits per heavy atom. The first-order chi connectivity index (χ1) is 10.1. The fourth-order valence-electron chi connectivity index (χ4n) is 2.56. The van der Waals surface area contributed by atoms with Crippen molar-refractivity contribution in [1.29, 1.82) is 0 Å². The van der Waals surface area contributed by atoms with Crippen molar-refractivity contribution < 1.29 is 4.74 Å². The van der Waals surface area contributed by atoms with E-state index in [9.17, 15) is 0 Å². The molecule has 1 saturated heterocycles. The molecule has 1 aromatic carbocycles. The van der Waals surface area contributed by atoms with Gasteiger partial charge in [0, 0.05) is 30.0 Å². The number of rotatable bonds is 2. The zero-order valence-electron chi connectivity index (χ0n) is 11.9. The predicted octanol–water partition coefficient (Wildman–Crippen LogP) is 3.21. The van der Waals surface area contributed by atoms with E-state index in [-0.39, 0.29) is 0 Å². The predicted molar refractivity (Wildman–Crippen MR) is 86.7 cm³/mol. The number of ether oxygens (including phenoxy) is 1. The summed E-state index contributed by atoms with van der Waals surface area (Å²) >= 11 is 6.03. The summed E-state index contributed by atoms with van der Waals surface area (Å²) in [7, 11) is 0. The average Bonchev–Trinajstić information content (AvgIpc) is 2.51. The number of hydrogen-bond donors (Lipinski definition) is 1. The molecule has 2 N–H and O–H groups in total. The molecule has 0 bridgehead atoms. The molecular weight excluding hydrogens is 286 g/mol. The standard InChI is InChI=1S/C16H18ClN3O/c1-11-10-21-7-6-20(11)14-4-2-12(3-5-14)13-8-15(17)16(18)19-9-13/h2-5,8-9,11H,6-7,10H2,1H3,(H2,18,19)/t11-/m0/s1. The maximum Gasteiger partial charge on any atom is 0.142 e. The van der Waals surface area contributed by atoms with E-state index in [4.69, 9.17) is 22.1 Å². The van der Waals surface area contributed by atoms with E-state index in [2.05, 4.69) is 41.1 Å². The molecule has 1 aliphatic rings. The van der Waals surface area contributed by atoms with Gasteiger partial charge in [-0.05, 0) is 30.7 Å². The first kappa shape index (κ1) is 14.2. The van der Waals surface area contributed by atoms with E-state index in [1.807, 2.05) is 6.07 Å². The number of anilines is 2. The quantitative estimate of drug-likeness (QED) is 0.925.